The average molecular weight is 290 g/mol. The maximum absolute atomic E-state index is 13.4. The molecule has 0 bridgehead atoms. The summed E-state index contributed by atoms with van der Waals surface area (Å²) in [5.41, 5.74) is -0.546. The van der Waals surface area contributed by atoms with Crippen molar-refractivity contribution >= 4 is 21.9 Å². The van der Waals surface area contributed by atoms with Crippen LogP contribution in [0.1, 0.15) is 24.2 Å². The Labute approximate surface area is 111 Å². The molecule has 0 aliphatic carbocycles. The lowest BCUT2D eigenvalue weighted by Crippen LogP contribution is -2.37. The zero-order valence-electron chi connectivity index (χ0n) is 10.7. The predicted molar refractivity (Wildman–Crippen MR) is 68.8 cm³/mol. The molecule has 106 valence electrons. The number of carboxylic acid groups (broad SMARTS) is 1. The molecule has 19 heavy (non-hydrogen) atoms. The van der Waals surface area contributed by atoms with Gasteiger partial charge in [-0.25, -0.2) is 9.18 Å². The number of rotatable bonds is 5. The van der Waals surface area contributed by atoms with Crippen molar-refractivity contribution < 1.29 is 22.7 Å². The van der Waals surface area contributed by atoms with Crippen LogP contribution < -0.4 is 4.72 Å². The van der Waals surface area contributed by atoms with Gasteiger partial charge in [0.1, 0.15) is 5.82 Å². The molecule has 1 rings (SSSR count). The highest BCUT2D eigenvalue weighted by atomic mass is 32.2. The molecule has 1 aromatic carbocycles. The predicted octanol–water partition coefficient (Wildman–Crippen LogP) is 1.52. The molecule has 0 saturated carbocycles. The Kier molecular flexibility index (Phi) is 4.48. The molecule has 0 amide bonds. The van der Waals surface area contributed by atoms with Crippen LogP contribution >= 0.6 is 0 Å². The minimum absolute atomic E-state index is 0.0324. The lowest BCUT2D eigenvalue weighted by atomic mass is 10.2. The first-order chi connectivity index (χ1) is 8.65. The molecule has 6 nitrogen and oxygen atoms in total. The van der Waals surface area contributed by atoms with Gasteiger partial charge in [-0.15, -0.1) is 0 Å². The van der Waals surface area contributed by atoms with Crippen LogP contribution in [0.3, 0.4) is 0 Å². The Morgan fingerprint density at radius 2 is 2.00 bits per heavy atom. The third-order valence-electron chi connectivity index (χ3n) is 2.55. The van der Waals surface area contributed by atoms with Gasteiger partial charge in [0.2, 0.25) is 0 Å². The molecule has 0 aromatic heterocycles. The van der Waals surface area contributed by atoms with Gasteiger partial charge in [0, 0.05) is 13.1 Å². The summed E-state index contributed by atoms with van der Waals surface area (Å²) in [5.74, 6) is -2.41. The Morgan fingerprint density at radius 3 is 2.42 bits per heavy atom. The molecule has 0 atom stereocenters. The number of anilines is 1. The zero-order chi connectivity index (χ0) is 14.8. The number of nitrogens with one attached hydrogen (secondary N) is 1. The molecule has 0 unspecified atom stereocenters. The highest BCUT2D eigenvalue weighted by Gasteiger charge is 2.21. The van der Waals surface area contributed by atoms with Gasteiger partial charge in [-0.3, -0.25) is 4.72 Å². The van der Waals surface area contributed by atoms with Crippen molar-refractivity contribution in [3.63, 3.8) is 0 Å². The summed E-state index contributed by atoms with van der Waals surface area (Å²) < 4.78 is 40.4. The van der Waals surface area contributed by atoms with Crippen LogP contribution in [-0.2, 0) is 10.2 Å². The molecular formula is C11H15FN2O4S. The summed E-state index contributed by atoms with van der Waals surface area (Å²) in [6, 6.07) is 2.76. The van der Waals surface area contributed by atoms with Crippen molar-refractivity contribution in [3.05, 3.63) is 29.6 Å². The number of benzene rings is 1. The van der Waals surface area contributed by atoms with E-state index in [2.05, 4.69) is 4.72 Å². The summed E-state index contributed by atoms with van der Waals surface area (Å²) in [4.78, 5) is 10.6. The maximum atomic E-state index is 13.4. The molecule has 8 heteroatoms. The highest BCUT2D eigenvalue weighted by molar-refractivity contribution is 7.90. The molecule has 0 fully saturated rings. The van der Waals surface area contributed by atoms with Crippen molar-refractivity contribution in [2.45, 2.75) is 19.9 Å². The molecule has 0 spiro atoms. The summed E-state index contributed by atoms with van der Waals surface area (Å²) in [5, 5.41) is 8.66. The normalized spacial score (nSPS) is 11.9. The second-order valence-corrected chi connectivity index (χ2v) is 5.95. The minimum Gasteiger partial charge on any atom is -0.478 e. The molecule has 0 aliphatic heterocycles. The first-order valence-electron chi connectivity index (χ1n) is 5.43. The third kappa shape index (κ3) is 3.65. The molecule has 0 radical (unpaired) electrons. The van der Waals surface area contributed by atoms with Crippen molar-refractivity contribution in [2.75, 3.05) is 11.8 Å². The Bertz CT molecular complexity index is 586. The maximum Gasteiger partial charge on any atom is 0.338 e. The van der Waals surface area contributed by atoms with Gasteiger partial charge in [0.15, 0.2) is 0 Å². The standard InChI is InChI=1S/C11H15FN2O4S/c1-7(2)14(3)19(17,18)13-8-4-5-9(11(15)16)10(12)6-8/h4-7,13H,1-3H3,(H,15,16). The number of carboxylic acids is 1. The van der Waals surface area contributed by atoms with Gasteiger partial charge in [0.05, 0.1) is 11.3 Å². The number of hydrogen-bond donors (Lipinski definition) is 2. The number of carbonyl (C=O) groups is 1. The quantitative estimate of drug-likeness (QED) is 0.860. The fourth-order valence-electron chi connectivity index (χ4n) is 1.25. The van der Waals surface area contributed by atoms with Crippen LogP contribution in [0, 0.1) is 5.82 Å². The number of hydrogen-bond acceptors (Lipinski definition) is 3. The van der Waals surface area contributed by atoms with Crippen molar-refractivity contribution in [2.24, 2.45) is 0 Å². The van der Waals surface area contributed by atoms with Crippen LogP contribution in [0.5, 0.6) is 0 Å². The monoisotopic (exact) mass is 290 g/mol. The van der Waals surface area contributed by atoms with E-state index < -0.39 is 27.6 Å². The van der Waals surface area contributed by atoms with Crippen LogP contribution in [-0.4, -0.2) is 36.9 Å². The van der Waals surface area contributed by atoms with Gasteiger partial charge < -0.3 is 5.11 Å². The van der Waals surface area contributed by atoms with Gasteiger partial charge >= 0.3 is 16.2 Å². The molecule has 1 aromatic rings. The van der Waals surface area contributed by atoms with E-state index in [0.717, 1.165) is 16.4 Å². The highest BCUT2D eigenvalue weighted by Crippen LogP contribution is 2.17. The Hall–Kier alpha value is -1.67. The lowest BCUT2D eigenvalue weighted by Gasteiger charge is -2.21. The third-order valence-corrected chi connectivity index (χ3v) is 4.23. The van der Waals surface area contributed by atoms with Gasteiger partial charge in [-0.1, -0.05) is 0 Å². The molecule has 0 saturated heterocycles. The zero-order valence-corrected chi connectivity index (χ0v) is 11.5. The van der Waals surface area contributed by atoms with Crippen molar-refractivity contribution in [3.8, 4) is 0 Å². The van der Waals surface area contributed by atoms with E-state index in [1.54, 1.807) is 13.8 Å². The Balaban J connectivity index is 3.02. The molecule has 2 N–H and O–H groups in total. The first kappa shape index (κ1) is 15.4. The van der Waals surface area contributed by atoms with E-state index in [0.29, 0.717) is 0 Å². The largest absolute Gasteiger partial charge is 0.478 e. The summed E-state index contributed by atoms with van der Waals surface area (Å²) in [6.07, 6.45) is 0. The van der Waals surface area contributed by atoms with E-state index in [1.165, 1.54) is 13.1 Å². The second-order valence-electron chi connectivity index (χ2n) is 4.22. The summed E-state index contributed by atoms with van der Waals surface area (Å²) in [7, 11) is -2.41. The van der Waals surface area contributed by atoms with Gasteiger partial charge in [0.25, 0.3) is 0 Å². The minimum atomic E-state index is -3.79. The van der Waals surface area contributed by atoms with Crippen LogP contribution in [0.15, 0.2) is 18.2 Å². The first-order valence-corrected chi connectivity index (χ1v) is 6.87. The number of aromatic carboxylic acids is 1. The van der Waals surface area contributed by atoms with Crippen molar-refractivity contribution in [1.29, 1.82) is 0 Å². The van der Waals surface area contributed by atoms with E-state index in [4.69, 9.17) is 5.11 Å². The van der Waals surface area contributed by atoms with E-state index in [9.17, 15) is 17.6 Å². The van der Waals surface area contributed by atoms with Crippen LogP contribution in [0.4, 0.5) is 10.1 Å². The van der Waals surface area contributed by atoms with Crippen LogP contribution in [0.25, 0.3) is 0 Å². The topological polar surface area (TPSA) is 86.7 Å². The smallest absolute Gasteiger partial charge is 0.338 e. The molecule has 0 heterocycles. The van der Waals surface area contributed by atoms with Gasteiger partial charge in [-0.05, 0) is 32.0 Å². The SMILES string of the molecule is CC(C)N(C)S(=O)(=O)Nc1ccc(C(=O)O)c(F)c1. The Morgan fingerprint density at radius 1 is 1.42 bits per heavy atom. The molecular weight excluding hydrogens is 275 g/mol. The average Bonchev–Trinajstić information content (AvgIpc) is 2.26. The van der Waals surface area contributed by atoms with Crippen LogP contribution in [0.2, 0.25) is 0 Å². The molecule has 0 aliphatic rings. The fraction of sp³-hybridized carbons (Fsp3) is 0.364. The number of nitrogens with zero attached hydrogens (tertiary/aromatic N) is 1. The summed E-state index contributed by atoms with van der Waals surface area (Å²) in [6.45, 7) is 3.38. The van der Waals surface area contributed by atoms with Gasteiger partial charge in [-0.2, -0.15) is 12.7 Å². The fourth-order valence-corrected chi connectivity index (χ4v) is 2.37. The summed E-state index contributed by atoms with van der Waals surface area (Å²) >= 11 is 0. The lowest BCUT2D eigenvalue weighted by molar-refractivity contribution is 0.0692. The van der Waals surface area contributed by atoms with E-state index in [-0.39, 0.29) is 11.7 Å². The van der Waals surface area contributed by atoms with E-state index >= 15 is 0 Å². The van der Waals surface area contributed by atoms with Crippen molar-refractivity contribution in [1.82, 2.24) is 4.31 Å². The number of halogens is 1. The second kappa shape index (κ2) is 5.54. The van der Waals surface area contributed by atoms with E-state index in [1.807, 2.05) is 0 Å².